The van der Waals surface area contributed by atoms with Gasteiger partial charge in [0.05, 0.1) is 5.69 Å². The van der Waals surface area contributed by atoms with Crippen LogP contribution >= 0.6 is 0 Å². The fourth-order valence-electron chi connectivity index (χ4n) is 4.97. The first-order valence-electron chi connectivity index (χ1n) is 10.5. The highest BCUT2D eigenvalue weighted by Crippen LogP contribution is 2.35. The second-order valence-corrected chi connectivity index (χ2v) is 8.75. The van der Waals surface area contributed by atoms with Crippen molar-refractivity contribution in [3.05, 3.63) is 63.4 Å². The van der Waals surface area contributed by atoms with E-state index >= 15 is 0 Å². The fourth-order valence-corrected chi connectivity index (χ4v) is 4.97. The predicted octanol–water partition coefficient (Wildman–Crippen LogP) is 2.82. The predicted molar refractivity (Wildman–Crippen MR) is 113 cm³/mol. The Labute approximate surface area is 171 Å². The number of nitrogens with zero attached hydrogens (tertiary/aromatic N) is 4. The highest BCUT2D eigenvalue weighted by molar-refractivity contribution is 5.76. The van der Waals surface area contributed by atoms with Crippen LogP contribution in [0, 0.1) is 19.8 Å². The molecular weight excluding hydrogens is 364 g/mol. The third-order valence-corrected chi connectivity index (χ3v) is 6.38. The summed E-state index contributed by atoms with van der Waals surface area (Å²) in [5.74, 6) is 0.804. The summed E-state index contributed by atoms with van der Waals surface area (Å²) < 4.78 is 3.87. The molecule has 2 atom stereocenters. The van der Waals surface area contributed by atoms with Gasteiger partial charge in [0.1, 0.15) is 0 Å². The molecule has 0 aromatic carbocycles. The summed E-state index contributed by atoms with van der Waals surface area (Å²) in [5, 5.41) is 4.64. The maximum atomic E-state index is 13.0. The quantitative estimate of drug-likeness (QED) is 0.733. The van der Waals surface area contributed by atoms with Crippen molar-refractivity contribution in [1.29, 1.82) is 0 Å². The molecule has 1 saturated heterocycles. The van der Waals surface area contributed by atoms with E-state index in [0.29, 0.717) is 25.4 Å². The zero-order valence-electron chi connectivity index (χ0n) is 17.6. The number of aryl methyl sites for hydroxylation is 2. The summed E-state index contributed by atoms with van der Waals surface area (Å²) in [7, 11) is 0. The van der Waals surface area contributed by atoms with Crippen LogP contribution in [0.2, 0.25) is 0 Å². The molecule has 6 nitrogen and oxygen atoms in total. The largest absolute Gasteiger partial charge is 0.342 e. The standard InChI is InChI=1S/C23H30N4O2/c1-15(2)10-20-16(3)24-27(17(20)4)9-8-22(28)25-12-18-11-19(14-25)21-6-5-7-23(29)26(21)13-18/h5-7,18-19H,1,8-14H2,2-4H3/t18-,19+/m0/s1. The third kappa shape index (κ3) is 3.80. The first kappa shape index (κ1) is 19.7. The van der Waals surface area contributed by atoms with Crippen LogP contribution < -0.4 is 5.56 Å². The molecule has 0 saturated carbocycles. The van der Waals surface area contributed by atoms with Crippen LogP contribution in [0.4, 0.5) is 0 Å². The monoisotopic (exact) mass is 394 g/mol. The Kier molecular flexibility index (Phi) is 5.19. The van der Waals surface area contributed by atoms with Crippen LogP contribution in [0.15, 0.2) is 35.1 Å². The zero-order chi connectivity index (χ0) is 20.7. The zero-order valence-corrected chi connectivity index (χ0v) is 17.6. The van der Waals surface area contributed by atoms with E-state index in [-0.39, 0.29) is 17.4 Å². The van der Waals surface area contributed by atoms with Gasteiger partial charge in [-0.2, -0.15) is 5.10 Å². The van der Waals surface area contributed by atoms with Crippen molar-refractivity contribution >= 4 is 5.91 Å². The Morgan fingerprint density at radius 3 is 2.79 bits per heavy atom. The number of hydrogen-bond acceptors (Lipinski definition) is 3. The van der Waals surface area contributed by atoms with Crippen molar-refractivity contribution in [3.8, 4) is 0 Å². The number of piperidine rings is 1. The molecule has 2 aromatic rings. The number of aromatic nitrogens is 3. The number of carbonyl (C=O) groups excluding carboxylic acids is 1. The van der Waals surface area contributed by atoms with E-state index in [1.54, 1.807) is 6.07 Å². The van der Waals surface area contributed by atoms with Crippen molar-refractivity contribution in [3.63, 3.8) is 0 Å². The summed E-state index contributed by atoms with van der Waals surface area (Å²) in [6, 6.07) is 5.50. The minimum Gasteiger partial charge on any atom is -0.342 e. The molecule has 2 aliphatic heterocycles. The van der Waals surface area contributed by atoms with Gasteiger partial charge in [-0.3, -0.25) is 14.3 Å². The Bertz CT molecular complexity index is 1020. The van der Waals surface area contributed by atoms with Gasteiger partial charge >= 0.3 is 0 Å². The molecule has 0 radical (unpaired) electrons. The van der Waals surface area contributed by atoms with Crippen LogP contribution in [0.1, 0.15) is 48.3 Å². The number of allylic oxidation sites excluding steroid dienone is 1. The van der Waals surface area contributed by atoms with E-state index in [1.807, 2.05) is 40.1 Å². The number of carbonyl (C=O) groups is 1. The Balaban J connectivity index is 1.43. The van der Waals surface area contributed by atoms with Crippen molar-refractivity contribution in [2.24, 2.45) is 5.92 Å². The molecule has 1 amide bonds. The van der Waals surface area contributed by atoms with Gasteiger partial charge in [-0.05, 0) is 51.2 Å². The van der Waals surface area contributed by atoms with Crippen LogP contribution in [-0.2, 0) is 24.3 Å². The van der Waals surface area contributed by atoms with Gasteiger partial charge in [0.2, 0.25) is 5.91 Å². The van der Waals surface area contributed by atoms with Gasteiger partial charge in [0.25, 0.3) is 5.56 Å². The molecule has 4 rings (SSSR count). The van der Waals surface area contributed by atoms with Gasteiger partial charge in [0, 0.05) is 56.0 Å². The molecule has 0 spiro atoms. The smallest absolute Gasteiger partial charge is 0.250 e. The van der Waals surface area contributed by atoms with Crippen LogP contribution in [0.3, 0.4) is 0 Å². The first-order chi connectivity index (χ1) is 13.8. The Morgan fingerprint density at radius 2 is 2.03 bits per heavy atom. The maximum Gasteiger partial charge on any atom is 0.250 e. The van der Waals surface area contributed by atoms with Gasteiger partial charge in [-0.25, -0.2) is 0 Å². The lowest BCUT2D eigenvalue weighted by atomic mass is 9.83. The molecule has 0 unspecified atom stereocenters. The summed E-state index contributed by atoms with van der Waals surface area (Å²) in [5.41, 5.74) is 5.64. The van der Waals surface area contributed by atoms with Crippen molar-refractivity contribution in [2.45, 2.75) is 59.0 Å². The van der Waals surface area contributed by atoms with E-state index in [1.165, 1.54) is 5.56 Å². The van der Waals surface area contributed by atoms with Gasteiger partial charge in [0.15, 0.2) is 0 Å². The summed E-state index contributed by atoms with van der Waals surface area (Å²) in [4.78, 5) is 27.1. The average Bonchev–Trinajstić information content (AvgIpc) is 2.94. The van der Waals surface area contributed by atoms with E-state index in [0.717, 1.165) is 48.6 Å². The number of hydrogen-bond donors (Lipinski definition) is 0. The molecule has 1 fully saturated rings. The second-order valence-electron chi connectivity index (χ2n) is 8.75. The van der Waals surface area contributed by atoms with Crippen molar-refractivity contribution in [1.82, 2.24) is 19.2 Å². The normalized spacial score (nSPS) is 20.4. The lowest BCUT2D eigenvalue weighted by Gasteiger charge is -2.42. The minimum atomic E-state index is 0.0760. The number of pyridine rings is 1. The molecular formula is C23H30N4O2. The molecule has 6 heteroatoms. The number of likely N-dealkylation sites (tertiary alicyclic amines) is 1. The molecule has 29 heavy (non-hydrogen) atoms. The maximum absolute atomic E-state index is 13.0. The highest BCUT2D eigenvalue weighted by atomic mass is 16.2. The SMILES string of the molecule is C=C(C)Cc1c(C)nn(CCC(=O)N2C[C@@H]3C[C@H](C2)c2cccc(=O)n2C3)c1C. The summed E-state index contributed by atoms with van der Waals surface area (Å²) in [6.07, 6.45) is 2.35. The number of fused-ring (bicyclic) bond motifs is 4. The summed E-state index contributed by atoms with van der Waals surface area (Å²) >= 11 is 0. The average molecular weight is 395 g/mol. The molecule has 2 aromatic heterocycles. The summed E-state index contributed by atoms with van der Waals surface area (Å²) in [6.45, 7) is 12.9. The number of amides is 1. The van der Waals surface area contributed by atoms with Gasteiger partial charge in [-0.15, -0.1) is 0 Å². The second kappa shape index (κ2) is 7.65. The Hall–Kier alpha value is -2.63. The van der Waals surface area contributed by atoms with E-state index < -0.39 is 0 Å². The van der Waals surface area contributed by atoms with Gasteiger partial charge in [-0.1, -0.05) is 18.2 Å². The molecule has 4 heterocycles. The third-order valence-electron chi connectivity index (χ3n) is 6.38. The lowest BCUT2D eigenvalue weighted by Crippen LogP contribution is -2.49. The highest BCUT2D eigenvalue weighted by Gasteiger charge is 2.36. The molecule has 2 aliphatic rings. The van der Waals surface area contributed by atoms with Crippen LogP contribution in [0.25, 0.3) is 0 Å². The van der Waals surface area contributed by atoms with Crippen molar-refractivity contribution < 1.29 is 4.79 Å². The molecule has 0 aliphatic carbocycles. The van der Waals surface area contributed by atoms with Gasteiger partial charge < -0.3 is 9.47 Å². The molecule has 0 N–H and O–H groups in total. The first-order valence-corrected chi connectivity index (χ1v) is 10.5. The molecule has 2 bridgehead atoms. The van der Waals surface area contributed by atoms with E-state index in [2.05, 4.69) is 18.6 Å². The van der Waals surface area contributed by atoms with E-state index in [9.17, 15) is 9.59 Å². The van der Waals surface area contributed by atoms with Crippen LogP contribution in [0.5, 0.6) is 0 Å². The molecule has 154 valence electrons. The minimum absolute atomic E-state index is 0.0760. The lowest BCUT2D eigenvalue weighted by molar-refractivity contribution is -0.134. The number of rotatable bonds is 5. The van der Waals surface area contributed by atoms with Crippen molar-refractivity contribution in [2.75, 3.05) is 13.1 Å². The topological polar surface area (TPSA) is 60.1 Å². The Morgan fingerprint density at radius 1 is 1.24 bits per heavy atom. The van der Waals surface area contributed by atoms with E-state index in [4.69, 9.17) is 0 Å². The fraction of sp³-hybridized carbons (Fsp3) is 0.522. The van der Waals surface area contributed by atoms with Crippen LogP contribution in [-0.4, -0.2) is 38.2 Å².